The summed E-state index contributed by atoms with van der Waals surface area (Å²) in [6, 6.07) is 5.49. The molecule has 1 aromatic carbocycles. The normalized spacial score (nSPS) is 22.7. The number of hydrogen-bond acceptors (Lipinski definition) is 6. The average molecular weight is 346 g/mol. The molecule has 0 bridgehead atoms. The summed E-state index contributed by atoms with van der Waals surface area (Å²) in [4.78, 5) is 28.7. The Kier molecular flexibility index (Phi) is 4.20. The zero-order valence-electron chi connectivity index (χ0n) is 13.2. The molecule has 2 fully saturated rings. The second-order valence-corrected chi connectivity index (χ2v) is 7.04. The molecule has 126 valence electrons. The second kappa shape index (κ2) is 6.49. The number of rotatable bonds is 3. The summed E-state index contributed by atoms with van der Waals surface area (Å²) in [6.45, 7) is 2.50. The Hall–Kier alpha value is -1.99. The molecule has 2 saturated heterocycles. The van der Waals surface area contributed by atoms with E-state index in [0.717, 1.165) is 43.3 Å². The fraction of sp³-hybridized carbons (Fsp3) is 0.412. The number of piperidine rings is 1. The topological polar surface area (TPSA) is 59.1 Å². The van der Waals surface area contributed by atoms with Gasteiger partial charge in [0.25, 0.3) is 11.1 Å². The number of imide groups is 1. The zero-order chi connectivity index (χ0) is 16.5. The summed E-state index contributed by atoms with van der Waals surface area (Å²) in [5.41, 5.74) is 0.822. The van der Waals surface area contributed by atoms with Crippen LogP contribution in [0.3, 0.4) is 0 Å². The van der Waals surface area contributed by atoms with Gasteiger partial charge in [-0.05, 0) is 61.5 Å². The van der Waals surface area contributed by atoms with E-state index in [2.05, 4.69) is 4.90 Å². The summed E-state index contributed by atoms with van der Waals surface area (Å²) >= 11 is 0.998. The van der Waals surface area contributed by atoms with Gasteiger partial charge in [0.1, 0.15) is 0 Å². The molecule has 0 radical (unpaired) electrons. The maximum absolute atomic E-state index is 12.6. The minimum atomic E-state index is -0.215. The van der Waals surface area contributed by atoms with Crippen LogP contribution in [0.4, 0.5) is 4.79 Å². The van der Waals surface area contributed by atoms with E-state index in [1.807, 2.05) is 18.2 Å². The number of ether oxygens (including phenoxy) is 2. The van der Waals surface area contributed by atoms with Crippen molar-refractivity contribution in [1.82, 2.24) is 9.80 Å². The van der Waals surface area contributed by atoms with Crippen LogP contribution >= 0.6 is 11.8 Å². The number of thioether (sulfide) groups is 1. The van der Waals surface area contributed by atoms with E-state index in [4.69, 9.17) is 9.47 Å². The van der Waals surface area contributed by atoms with Crippen molar-refractivity contribution in [1.29, 1.82) is 0 Å². The second-order valence-electron chi connectivity index (χ2n) is 6.04. The Labute approximate surface area is 144 Å². The Morgan fingerprint density at radius 1 is 1.08 bits per heavy atom. The standard InChI is InChI=1S/C17H18N2O4S/c20-16-15(9-12-4-5-13-14(8-12)23-11-22-13)24-17(21)19(16)10-18-6-2-1-3-7-18/h4-5,8-9H,1-3,6-7,10-11H2/b15-9+. The summed E-state index contributed by atoms with van der Waals surface area (Å²) < 4.78 is 10.6. The van der Waals surface area contributed by atoms with E-state index in [9.17, 15) is 9.59 Å². The number of carbonyl (C=O) groups is 2. The molecule has 6 nitrogen and oxygen atoms in total. The van der Waals surface area contributed by atoms with Gasteiger partial charge in [0.2, 0.25) is 6.79 Å². The molecule has 24 heavy (non-hydrogen) atoms. The lowest BCUT2D eigenvalue weighted by atomic mass is 10.1. The molecular formula is C17H18N2O4S. The summed E-state index contributed by atoms with van der Waals surface area (Å²) in [6.07, 6.45) is 5.22. The Balaban J connectivity index is 1.50. The lowest BCUT2D eigenvalue weighted by Crippen LogP contribution is -2.42. The van der Waals surface area contributed by atoms with Crippen molar-refractivity contribution in [2.24, 2.45) is 0 Å². The molecule has 0 saturated carbocycles. The first kappa shape index (κ1) is 15.5. The van der Waals surface area contributed by atoms with Gasteiger partial charge in [-0.3, -0.25) is 19.4 Å². The molecule has 3 heterocycles. The highest BCUT2D eigenvalue weighted by atomic mass is 32.2. The van der Waals surface area contributed by atoms with Crippen molar-refractivity contribution in [3.05, 3.63) is 28.7 Å². The first-order valence-corrected chi connectivity index (χ1v) is 8.90. The Bertz CT molecular complexity index is 713. The van der Waals surface area contributed by atoms with Gasteiger partial charge < -0.3 is 9.47 Å². The highest BCUT2D eigenvalue weighted by molar-refractivity contribution is 8.18. The smallest absolute Gasteiger partial charge is 0.294 e. The summed E-state index contributed by atoms with van der Waals surface area (Å²) in [5, 5.41) is -0.197. The van der Waals surface area contributed by atoms with Crippen molar-refractivity contribution in [2.75, 3.05) is 26.6 Å². The number of likely N-dealkylation sites (tertiary alicyclic amines) is 1. The minimum Gasteiger partial charge on any atom is -0.454 e. The van der Waals surface area contributed by atoms with E-state index >= 15 is 0 Å². The first-order chi connectivity index (χ1) is 11.7. The molecule has 0 aromatic heterocycles. The van der Waals surface area contributed by atoms with Crippen LogP contribution in [0.2, 0.25) is 0 Å². The molecule has 0 N–H and O–H groups in total. The molecule has 0 unspecified atom stereocenters. The Morgan fingerprint density at radius 2 is 1.88 bits per heavy atom. The minimum absolute atomic E-state index is 0.197. The van der Waals surface area contributed by atoms with Gasteiger partial charge in [-0.15, -0.1) is 0 Å². The molecule has 0 atom stereocenters. The summed E-state index contributed by atoms with van der Waals surface area (Å²) in [5.74, 6) is 1.15. The van der Waals surface area contributed by atoms with Crippen LogP contribution in [0.1, 0.15) is 24.8 Å². The van der Waals surface area contributed by atoms with Crippen LogP contribution in [-0.4, -0.2) is 47.5 Å². The maximum atomic E-state index is 12.6. The first-order valence-electron chi connectivity index (χ1n) is 8.08. The Morgan fingerprint density at radius 3 is 2.71 bits per heavy atom. The van der Waals surface area contributed by atoms with E-state index in [1.165, 1.54) is 11.3 Å². The molecular weight excluding hydrogens is 328 g/mol. The summed E-state index contributed by atoms with van der Waals surface area (Å²) in [7, 11) is 0. The third-order valence-corrected chi connectivity index (χ3v) is 5.27. The lowest BCUT2D eigenvalue weighted by Gasteiger charge is -2.29. The monoisotopic (exact) mass is 346 g/mol. The van der Waals surface area contributed by atoms with Gasteiger partial charge in [0.05, 0.1) is 11.6 Å². The third-order valence-electron chi connectivity index (χ3n) is 4.36. The number of carbonyl (C=O) groups excluding carboxylic acids is 2. The SMILES string of the molecule is O=C1S/C(=C/c2ccc3c(c2)OCO3)C(=O)N1CN1CCCCC1. The molecule has 0 aliphatic carbocycles. The van der Waals surface area contributed by atoms with Crippen molar-refractivity contribution < 1.29 is 19.1 Å². The van der Waals surface area contributed by atoms with Crippen molar-refractivity contribution >= 4 is 29.0 Å². The van der Waals surface area contributed by atoms with E-state index < -0.39 is 0 Å². The molecule has 1 aromatic rings. The van der Waals surface area contributed by atoms with Crippen molar-refractivity contribution in [3.63, 3.8) is 0 Å². The van der Waals surface area contributed by atoms with Gasteiger partial charge in [-0.1, -0.05) is 12.5 Å². The van der Waals surface area contributed by atoms with E-state index in [1.54, 1.807) is 6.08 Å². The zero-order valence-corrected chi connectivity index (χ0v) is 14.0. The fourth-order valence-electron chi connectivity index (χ4n) is 3.08. The van der Waals surface area contributed by atoms with Crippen LogP contribution < -0.4 is 9.47 Å². The number of fused-ring (bicyclic) bond motifs is 1. The fourth-order valence-corrected chi connectivity index (χ4v) is 3.91. The van der Waals surface area contributed by atoms with E-state index in [0.29, 0.717) is 23.1 Å². The van der Waals surface area contributed by atoms with Gasteiger partial charge >= 0.3 is 0 Å². The average Bonchev–Trinajstić information content (AvgIpc) is 3.16. The van der Waals surface area contributed by atoms with Crippen molar-refractivity contribution in [3.8, 4) is 11.5 Å². The van der Waals surface area contributed by atoms with Crippen LogP contribution in [0.15, 0.2) is 23.1 Å². The molecule has 7 heteroatoms. The van der Waals surface area contributed by atoms with Crippen LogP contribution in [0, 0.1) is 0 Å². The van der Waals surface area contributed by atoms with Gasteiger partial charge in [-0.2, -0.15) is 0 Å². The quantitative estimate of drug-likeness (QED) is 0.785. The number of amides is 2. The molecule has 0 spiro atoms. The van der Waals surface area contributed by atoms with Gasteiger partial charge in [-0.25, -0.2) is 0 Å². The van der Waals surface area contributed by atoms with Crippen LogP contribution in [0.5, 0.6) is 11.5 Å². The number of benzene rings is 1. The largest absolute Gasteiger partial charge is 0.454 e. The molecule has 4 rings (SSSR count). The third kappa shape index (κ3) is 3.01. The lowest BCUT2D eigenvalue weighted by molar-refractivity contribution is -0.124. The highest BCUT2D eigenvalue weighted by Gasteiger charge is 2.36. The van der Waals surface area contributed by atoms with E-state index in [-0.39, 0.29) is 17.9 Å². The molecule has 2 amide bonds. The molecule has 3 aliphatic heterocycles. The van der Waals surface area contributed by atoms with Gasteiger partial charge in [0, 0.05) is 0 Å². The van der Waals surface area contributed by atoms with Crippen LogP contribution in [-0.2, 0) is 4.79 Å². The number of nitrogens with zero attached hydrogens (tertiary/aromatic N) is 2. The maximum Gasteiger partial charge on any atom is 0.294 e. The predicted molar refractivity (Wildman–Crippen MR) is 90.7 cm³/mol. The predicted octanol–water partition coefficient (Wildman–Crippen LogP) is 2.90. The van der Waals surface area contributed by atoms with Crippen molar-refractivity contribution in [2.45, 2.75) is 19.3 Å². The highest BCUT2D eigenvalue weighted by Crippen LogP contribution is 2.36. The number of hydrogen-bond donors (Lipinski definition) is 0. The van der Waals surface area contributed by atoms with Gasteiger partial charge in [0.15, 0.2) is 11.5 Å². The molecule has 3 aliphatic rings. The van der Waals surface area contributed by atoms with Crippen LogP contribution in [0.25, 0.3) is 6.08 Å².